The summed E-state index contributed by atoms with van der Waals surface area (Å²) in [6, 6.07) is 59.8. The molecule has 2 atom stereocenters. The van der Waals surface area contributed by atoms with E-state index in [-0.39, 0.29) is 0 Å². The van der Waals surface area contributed by atoms with Gasteiger partial charge in [0.15, 0.2) is 5.82 Å². The second-order valence-corrected chi connectivity index (χ2v) is 16.0. The predicted octanol–water partition coefficient (Wildman–Crippen LogP) is 12.0. The van der Waals surface area contributed by atoms with Crippen LogP contribution in [-0.4, -0.2) is 24.5 Å². The Labute approximate surface area is 325 Å². The van der Waals surface area contributed by atoms with E-state index in [9.17, 15) is 0 Å². The van der Waals surface area contributed by atoms with Gasteiger partial charge in [0.25, 0.3) is 0 Å². The van der Waals surface area contributed by atoms with Crippen LogP contribution in [0.5, 0.6) is 0 Å². The lowest BCUT2D eigenvalue weighted by Gasteiger charge is -2.76. The van der Waals surface area contributed by atoms with Crippen molar-refractivity contribution in [1.29, 1.82) is 0 Å². The number of rotatable bonds is 7. The zero-order valence-electron chi connectivity index (χ0n) is 30.8. The highest BCUT2D eigenvalue weighted by Gasteiger charge is 2.71. The molecular formula is C51H37N5. The Morgan fingerprint density at radius 2 is 0.911 bits per heavy atom. The normalized spacial score (nSPS) is 20.5. The minimum absolute atomic E-state index is 0.438. The van der Waals surface area contributed by atoms with Gasteiger partial charge in [-0.25, -0.2) is 19.9 Å². The molecule has 3 aliphatic carbocycles. The molecule has 0 aliphatic heterocycles. The lowest BCUT2D eigenvalue weighted by Crippen LogP contribution is -2.71. The standard InChI is InChI=1S/C51H37N5/c1-3-12-32(13-4-1)42-28-44(53-49(52-42)34-22-24-39(25-23-34)51-30-37-27-38(31-51)48(37)51)35-16-11-17-36(26-35)45-29-43(33-14-5-2-6-15-33)54-50(55-45)56-46-20-9-7-18-40(46)41-19-8-10-21-47(41)56/h1-26,28-29,37-38,48H,27,30-31H2. The van der Waals surface area contributed by atoms with Crippen molar-refractivity contribution >= 4 is 21.8 Å². The maximum absolute atomic E-state index is 5.31. The Bertz CT molecular complexity index is 2900. The zero-order valence-corrected chi connectivity index (χ0v) is 30.8. The summed E-state index contributed by atoms with van der Waals surface area (Å²) in [5.41, 5.74) is 12.7. The molecule has 0 spiro atoms. The first-order valence-electron chi connectivity index (χ1n) is 19.8. The third kappa shape index (κ3) is 4.80. The molecule has 0 saturated heterocycles. The summed E-state index contributed by atoms with van der Waals surface area (Å²) in [7, 11) is 0. The third-order valence-corrected chi connectivity index (χ3v) is 13.0. The van der Waals surface area contributed by atoms with Gasteiger partial charge in [0.1, 0.15) is 0 Å². The molecule has 3 saturated carbocycles. The van der Waals surface area contributed by atoms with Crippen LogP contribution in [0.2, 0.25) is 0 Å². The average molecular weight is 720 g/mol. The minimum Gasteiger partial charge on any atom is -0.278 e. The second-order valence-electron chi connectivity index (χ2n) is 16.0. The van der Waals surface area contributed by atoms with Gasteiger partial charge in [-0.2, -0.15) is 0 Å². The van der Waals surface area contributed by atoms with Crippen LogP contribution in [0.15, 0.2) is 170 Å². The fraction of sp³-hybridized carbons (Fsp3) is 0.137. The summed E-state index contributed by atoms with van der Waals surface area (Å²) in [5, 5.41) is 2.35. The lowest BCUT2D eigenvalue weighted by molar-refractivity contribution is -0.219. The van der Waals surface area contributed by atoms with E-state index >= 15 is 0 Å². The van der Waals surface area contributed by atoms with Crippen molar-refractivity contribution in [1.82, 2.24) is 24.5 Å². The topological polar surface area (TPSA) is 56.5 Å². The fourth-order valence-corrected chi connectivity index (χ4v) is 10.4. The number of benzene rings is 6. The van der Waals surface area contributed by atoms with Gasteiger partial charge in [0, 0.05) is 38.6 Å². The van der Waals surface area contributed by atoms with E-state index in [4.69, 9.17) is 19.9 Å². The molecule has 3 fully saturated rings. The van der Waals surface area contributed by atoms with Gasteiger partial charge in [-0.3, -0.25) is 4.57 Å². The van der Waals surface area contributed by atoms with Crippen molar-refractivity contribution < 1.29 is 0 Å². The Balaban J connectivity index is 0.987. The smallest absolute Gasteiger partial charge is 0.235 e. The SMILES string of the molecule is c1ccc(-c2cc(-c3cccc(-c4cc(-c5ccccc5)nc(-n5c6ccccc6c6ccccc65)n4)c3)nc(-c3ccc(C45CC6CC(C4)C65)cc3)n2)cc1. The zero-order chi connectivity index (χ0) is 36.8. The molecule has 6 aromatic carbocycles. The molecule has 3 aliphatic rings. The third-order valence-electron chi connectivity index (χ3n) is 13.0. The summed E-state index contributed by atoms with van der Waals surface area (Å²) in [6.07, 6.45) is 4.20. The van der Waals surface area contributed by atoms with Crippen LogP contribution >= 0.6 is 0 Å². The summed E-state index contributed by atoms with van der Waals surface area (Å²) in [5.74, 6) is 4.26. The van der Waals surface area contributed by atoms with Gasteiger partial charge in [-0.05, 0) is 78.3 Å². The fourth-order valence-electron chi connectivity index (χ4n) is 10.4. The highest BCUT2D eigenvalue weighted by Crippen LogP contribution is 2.77. The summed E-state index contributed by atoms with van der Waals surface area (Å²) >= 11 is 0. The van der Waals surface area contributed by atoms with E-state index < -0.39 is 0 Å². The highest BCUT2D eigenvalue weighted by atomic mass is 15.2. The van der Waals surface area contributed by atoms with Crippen LogP contribution in [0.3, 0.4) is 0 Å². The average Bonchev–Trinajstić information content (AvgIpc) is 3.61. The minimum atomic E-state index is 0.438. The highest BCUT2D eigenvalue weighted by molar-refractivity contribution is 6.09. The van der Waals surface area contributed by atoms with Crippen molar-refractivity contribution in [3.63, 3.8) is 0 Å². The van der Waals surface area contributed by atoms with Crippen LogP contribution in [0.25, 0.3) is 84.2 Å². The molecule has 3 aromatic heterocycles. The van der Waals surface area contributed by atoms with E-state index in [1.54, 1.807) is 0 Å². The van der Waals surface area contributed by atoms with Gasteiger partial charge in [-0.15, -0.1) is 0 Å². The van der Waals surface area contributed by atoms with Crippen molar-refractivity contribution in [2.24, 2.45) is 17.8 Å². The molecule has 5 nitrogen and oxygen atoms in total. The quantitative estimate of drug-likeness (QED) is 0.165. The number of aromatic nitrogens is 5. The molecule has 0 amide bonds. The first kappa shape index (κ1) is 31.6. The van der Waals surface area contributed by atoms with Crippen LogP contribution < -0.4 is 0 Å². The van der Waals surface area contributed by atoms with Gasteiger partial charge < -0.3 is 0 Å². The Morgan fingerprint density at radius 3 is 1.46 bits per heavy atom. The molecule has 0 radical (unpaired) electrons. The van der Waals surface area contributed by atoms with Crippen LogP contribution in [0, 0.1) is 17.8 Å². The van der Waals surface area contributed by atoms with Gasteiger partial charge in [0.2, 0.25) is 5.95 Å². The van der Waals surface area contributed by atoms with Gasteiger partial charge in [-0.1, -0.05) is 140 Å². The summed E-state index contributed by atoms with van der Waals surface area (Å²) in [6.45, 7) is 0. The monoisotopic (exact) mass is 719 g/mol. The van der Waals surface area contributed by atoms with Crippen LogP contribution in [0.4, 0.5) is 0 Å². The second kappa shape index (κ2) is 12.1. The largest absolute Gasteiger partial charge is 0.278 e. The first-order chi connectivity index (χ1) is 27.7. The molecule has 266 valence electrons. The lowest BCUT2D eigenvalue weighted by atomic mass is 9.28. The maximum Gasteiger partial charge on any atom is 0.235 e. The van der Waals surface area contributed by atoms with Crippen molar-refractivity contribution in [3.8, 4) is 62.4 Å². The molecule has 5 heteroatoms. The van der Waals surface area contributed by atoms with Crippen molar-refractivity contribution in [2.45, 2.75) is 24.7 Å². The Morgan fingerprint density at radius 1 is 0.429 bits per heavy atom. The van der Waals surface area contributed by atoms with Gasteiger partial charge in [0.05, 0.1) is 33.8 Å². The van der Waals surface area contributed by atoms with E-state index in [1.165, 1.54) is 35.6 Å². The predicted molar refractivity (Wildman–Crippen MR) is 225 cm³/mol. The number of hydrogen-bond donors (Lipinski definition) is 0. The molecule has 0 bridgehead atoms. The number of hydrogen-bond acceptors (Lipinski definition) is 4. The maximum atomic E-state index is 5.31. The van der Waals surface area contributed by atoms with Gasteiger partial charge >= 0.3 is 0 Å². The molecule has 3 heterocycles. The number of fused-ring (bicyclic) bond motifs is 3. The molecule has 2 unspecified atom stereocenters. The van der Waals surface area contributed by atoms with E-state index in [0.29, 0.717) is 11.4 Å². The molecule has 56 heavy (non-hydrogen) atoms. The molecule has 9 aromatic rings. The summed E-state index contributed by atoms with van der Waals surface area (Å²) in [4.78, 5) is 20.9. The molecule has 0 N–H and O–H groups in total. The van der Waals surface area contributed by atoms with Crippen LogP contribution in [-0.2, 0) is 5.41 Å². The van der Waals surface area contributed by atoms with E-state index in [0.717, 1.165) is 85.2 Å². The summed E-state index contributed by atoms with van der Waals surface area (Å²) < 4.78 is 2.19. The first-order valence-corrected chi connectivity index (χ1v) is 19.8. The van der Waals surface area contributed by atoms with Crippen LogP contribution in [0.1, 0.15) is 24.8 Å². The Hall–Kier alpha value is -6.72. The Kier molecular flexibility index (Phi) is 6.85. The van der Waals surface area contributed by atoms with E-state index in [2.05, 4.69) is 162 Å². The van der Waals surface area contributed by atoms with Crippen molar-refractivity contribution in [3.05, 3.63) is 175 Å². The van der Waals surface area contributed by atoms with E-state index in [1.807, 2.05) is 12.1 Å². The number of para-hydroxylation sites is 2. The number of nitrogens with zero attached hydrogens (tertiary/aromatic N) is 5. The molecule has 12 rings (SSSR count). The van der Waals surface area contributed by atoms with Crippen molar-refractivity contribution in [2.75, 3.05) is 0 Å². The molecular weight excluding hydrogens is 683 g/mol.